The van der Waals surface area contributed by atoms with Gasteiger partial charge in [-0.1, -0.05) is 6.07 Å². The van der Waals surface area contributed by atoms with E-state index in [9.17, 15) is 4.79 Å². The van der Waals surface area contributed by atoms with Crippen molar-refractivity contribution in [1.82, 2.24) is 14.5 Å². The highest BCUT2D eigenvalue weighted by molar-refractivity contribution is 7.12. The van der Waals surface area contributed by atoms with Crippen molar-refractivity contribution in [1.29, 1.82) is 0 Å². The Hall–Kier alpha value is -1.62. The number of hydrogen-bond acceptors (Lipinski definition) is 3. The molecule has 5 heteroatoms. The number of imidazole rings is 1. The Morgan fingerprint density at radius 2 is 2.44 bits per heavy atom. The normalized spacial score (nSPS) is 19.4. The molecule has 1 atom stereocenters. The molecule has 1 amide bonds. The predicted octanol–water partition coefficient (Wildman–Crippen LogP) is 2.46. The predicted molar refractivity (Wildman–Crippen MR) is 70.5 cm³/mol. The highest BCUT2D eigenvalue weighted by Gasteiger charge is 2.33. The summed E-state index contributed by atoms with van der Waals surface area (Å²) in [5.41, 5.74) is 0. The van der Waals surface area contributed by atoms with Crippen molar-refractivity contribution in [3.05, 3.63) is 40.6 Å². The van der Waals surface area contributed by atoms with Crippen molar-refractivity contribution in [2.45, 2.75) is 18.9 Å². The van der Waals surface area contributed by atoms with Gasteiger partial charge >= 0.3 is 0 Å². The van der Waals surface area contributed by atoms with Gasteiger partial charge in [-0.05, 0) is 24.3 Å². The molecule has 1 aliphatic heterocycles. The van der Waals surface area contributed by atoms with Crippen LogP contribution in [0.2, 0.25) is 0 Å². The third-order valence-electron chi connectivity index (χ3n) is 3.40. The van der Waals surface area contributed by atoms with Crippen LogP contribution in [-0.2, 0) is 7.05 Å². The third-order valence-corrected chi connectivity index (χ3v) is 4.26. The number of carbonyl (C=O) groups is 1. The minimum Gasteiger partial charge on any atom is -0.336 e. The van der Waals surface area contributed by atoms with Crippen molar-refractivity contribution < 1.29 is 4.79 Å². The lowest BCUT2D eigenvalue weighted by Crippen LogP contribution is -2.31. The minimum absolute atomic E-state index is 0.125. The number of nitrogens with zero attached hydrogens (tertiary/aromatic N) is 3. The molecular weight excluding hydrogens is 246 g/mol. The third kappa shape index (κ3) is 1.84. The molecule has 0 radical (unpaired) electrons. The Labute approximate surface area is 110 Å². The van der Waals surface area contributed by atoms with Gasteiger partial charge in [-0.2, -0.15) is 0 Å². The molecule has 3 heterocycles. The van der Waals surface area contributed by atoms with Gasteiger partial charge in [0.2, 0.25) is 0 Å². The summed E-state index contributed by atoms with van der Waals surface area (Å²) >= 11 is 1.50. The average Bonchev–Trinajstić information content (AvgIpc) is 3.09. The summed E-state index contributed by atoms with van der Waals surface area (Å²) in [6.07, 6.45) is 5.78. The smallest absolute Gasteiger partial charge is 0.264 e. The zero-order chi connectivity index (χ0) is 12.5. The van der Waals surface area contributed by atoms with E-state index in [-0.39, 0.29) is 11.9 Å². The van der Waals surface area contributed by atoms with E-state index < -0.39 is 0 Å². The largest absolute Gasteiger partial charge is 0.336 e. The summed E-state index contributed by atoms with van der Waals surface area (Å²) in [4.78, 5) is 19.6. The fourth-order valence-corrected chi connectivity index (χ4v) is 3.20. The molecule has 18 heavy (non-hydrogen) atoms. The van der Waals surface area contributed by atoms with E-state index >= 15 is 0 Å². The van der Waals surface area contributed by atoms with Crippen LogP contribution in [-0.4, -0.2) is 26.9 Å². The number of carbonyl (C=O) groups excluding carboxylic acids is 1. The van der Waals surface area contributed by atoms with Crippen LogP contribution in [0, 0.1) is 0 Å². The number of hydrogen-bond donors (Lipinski definition) is 0. The maximum Gasteiger partial charge on any atom is 0.264 e. The van der Waals surface area contributed by atoms with Gasteiger partial charge in [0, 0.05) is 26.0 Å². The van der Waals surface area contributed by atoms with E-state index in [4.69, 9.17) is 0 Å². The van der Waals surface area contributed by atoms with Crippen molar-refractivity contribution in [2.75, 3.05) is 6.54 Å². The summed E-state index contributed by atoms with van der Waals surface area (Å²) in [6.45, 7) is 0.828. The molecule has 94 valence electrons. The molecule has 2 aromatic rings. The van der Waals surface area contributed by atoms with Crippen LogP contribution in [0.4, 0.5) is 0 Å². The van der Waals surface area contributed by atoms with Gasteiger partial charge in [0.25, 0.3) is 5.91 Å². The van der Waals surface area contributed by atoms with E-state index in [1.807, 2.05) is 40.2 Å². The van der Waals surface area contributed by atoms with Crippen LogP contribution in [0.25, 0.3) is 0 Å². The second kappa shape index (κ2) is 4.57. The highest BCUT2D eigenvalue weighted by atomic mass is 32.1. The number of thiophene rings is 1. The van der Waals surface area contributed by atoms with Crippen molar-refractivity contribution in [3.8, 4) is 0 Å². The molecule has 1 aliphatic rings. The molecule has 0 bridgehead atoms. The molecule has 0 N–H and O–H groups in total. The first kappa shape index (κ1) is 11.5. The van der Waals surface area contributed by atoms with E-state index in [0.717, 1.165) is 30.1 Å². The SMILES string of the molecule is Cn1ccnc1C1CCCN1C(=O)c1cccs1. The molecule has 4 nitrogen and oxygen atoms in total. The van der Waals surface area contributed by atoms with Gasteiger partial charge in [-0.25, -0.2) is 4.98 Å². The van der Waals surface area contributed by atoms with Crippen molar-refractivity contribution >= 4 is 17.2 Å². The first-order chi connectivity index (χ1) is 8.77. The first-order valence-electron chi connectivity index (χ1n) is 6.09. The topological polar surface area (TPSA) is 38.1 Å². The van der Waals surface area contributed by atoms with Crippen LogP contribution in [0.3, 0.4) is 0 Å². The number of aryl methyl sites for hydroxylation is 1. The number of likely N-dealkylation sites (tertiary alicyclic amines) is 1. The fraction of sp³-hybridized carbons (Fsp3) is 0.385. The summed E-state index contributed by atoms with van der Waals surface area (Å²) in [5, 5.41) is 1.94. The van der Waals surface area contributed by atoms with E-state index in [2.05, 4.69) is 4.98 Å². The zero-order valence-corrected chi connectivity index (χ0v) is 11.1. The van der Waals surface area contributed by atoms with Crippen LogP contribution >= 0.6 is 11.3 Å². The summed E-state index contributed by atoms with van der Waals surface area (Å²) in [6, 6.07) is 3.93. The molecule has 2 aromatic heterocycles. The quantitative estimate of drug-likeness (QED) is 0.833. The van der Waals surface area contributed by atoms with Crippen LogP contribution in [0.15, 0.2) is 29.9 Å². The van der Waals surface area contributed by atoms with Gasteiger partial charge in [0.1, 0.15) is 5.82 Å². The lowest BCUT2D eigenvalue weighted by Gasteiger charge is -2.23. The second-order valence-electron chi connectivity index (χ2n) is 4.53. The summed E-state index contributed by atoms with van der Waals surface area (Å²) < 4.78 is 2.00. The summed E-state index contributed by atoms with van der Waals surface area (Å²) in [5.74, 6) is 1.12. The molecule has 1 unspecified atom stereocenters. The lowest BCUT2D eigenvalue weighted by atomic mass is 10.2. The maximum atomic E-state index is 12.4. The highest BCUT2D eigenvalue weighted by Crippen LogP contribution is 2.32. The molecule has 0 aliphatic carbocycles. The molecule has 0 saturated carbocycles. The van der Waals surface area contributed by atoms with Gasteiger partial charge in [-0.3, -0.25) is 4.79 Å². The van der Waals surface area contributed by atoms with Gasteiger partial charge in [0.15, 0.2) is 0 Å². The number of rotatable bonds is 2. The number of aromatic nitrogens is 2. The van der Waals surface area contributed by atoms with Crippen LogP contribution in [0.5, 0.6) is 0 Å². The standard InChI is InChI=1S/C13H15N3OS/c1-15-8-6-14-12(15)10-4-2-7-16(10)13(17)11-5-3-9-18-11/h3,5-6,8-10H,2,4,7H2,1H3. The van der Waals surface area contributed by atoms with Crippen LogP contribution in [0.1, 0.15) is 34.4 Å². The second-order valence-corrected chi connectivity index (χ2v) is 5.48. The maximum absolute atomic E-state index is 12.4. The minimum atomic E-state index is 0.125. The van der Waals surface area contributed by atoms with Gasteiger partial charge in [-0.15, -0.1) is 11.3 Å². The Morgan fingerprint density at radius 1 is 1.56 bits per heavy atom. The molecule has 0 spiro atoms. The van der Waals surface area contributed by atoms with E-state index in [0.29, 0.717) is 0 Å². The molecule has 0 aromatic carbocycles. The van der Waals surface area contributed by atoms with E-state index in [1.165, 1.54) is 11.3 Å². The van der Waals surface area contributed by atoms with Crippen LogP contribution < -0.4 is 0 Å². The molecular formula is C13H15N3OS. The molecule has 1 fully saturated rings. The Kier molecular flexibility index (Phi) is 2.91. The monoisotopic (exact) mass is 261 g/mol. The molecule has 3 rings (SSSR count). The molecule has 1 saturated heterocycles. The Balaban J connectivity index is 1.88. The zero-order valence-electron chi connectivity index (χ0n) is 10.2. The Morgan fingerprint density at radius 3 is 3.11 bits per heavy atom. The fourth-order valence-electron chi connectivity index (χ4n) is 2.52. The van der Waals surface area contributed by atoms with Gasteiger partial charge < -0.3 is 9.47 Å². The van der Waals surface area contributed by atoms with Crippen molar-refractivity contribution in [3.63, 3.8) is 0 Å². The Bertz CT molecular complexity index is 546. The van der Waals surface area contributed by atoms with Crippen molar-refractivity contribution in [2.24, 2.45) is 7.05 Å². The lowest BCUT2D eigenvalue weighted by molar-refractivity contribution is 0.0733. The van der Waals surface area contributed by atoms with E-state index in [1.54, 1.807) is 6.20 Å². The average molecular weight is 261 g/mol. The summed E-state index contributed by atoms with van der Waals surface area (Å²) in [7, 11) is 1.98. The number of amides is 1. The van der Waals surface area contributed by atoms with Gasteiger partial charge in [0.05, 0.1) is 10.9 Å². The first-order valence-corrected chi connectivity index (χ1v) is 6.97.